The number of nitrogens with one attached hydrogen (secondary N) is 1. The van der Waals surface area contributed by atoms with Gasteiger partial charge in [-0.2, -0.15) is 0 Å². The summed E-state index contributed by atoms with van der Waals surface area (Å²) in [4.78, 5) is 0. The molecule has 96 valence electrons. The molecule has 17 heavy (non-hydrogen) atoms. The Morgan fingerprint density at radius 3 is 2.59 bits per heavy atom. The highest BCUT2D eigenvalue weighted by molar-refractivity contribution is 9.10. The largest absolute Gasteiger partial charge is 0.387 e. The smallest absolute Gasteiger partial charge is 0.0914 e. The van der Waals surface area contributed by atoms with Gasteiger partial charge < -0.3 is 10.4 Å². The first-order chi connectivity index (χ1) is 7.99. The molecule has 0 radical (unpaired) electrons. The molecule has 0 amide bonds. The lowest BCUT2D eigenvalue weighted by molar-refractivity contribution is 0.169. The van der Waals surface area contributed by atoms with Crippen molar-refractivity contribution in [2.75, 3.05) is 6.54 Å². The van der Waals surface area contributed by atoms with Gasteiger partial charge in [-0.25, -0.2) is 0 Å². The second-order valence-corrected chi connectivity index (χ2v) is 5.93. The molecule has 1 rings (SSSR count). The van der Waals surface area contributed by atoms with Gasteiger partial charge in [-0.15, -0.1) is 0 Å². The van der Waals surface area contributed by atoms with Crippen LogP contribution >= 0.6 is 15.9 Å². The molecule has 0 aromatic heterocycles. The van der Waals surface area contributed by atoms with Gasteiger partial charge in [0.15, 0.2) is 0 Å². The number of aliphatic hydroxyl groups excluding tert-OH is 1. The Morgan fingerprint density at radius 1 is 1.29 bits per heavy atom. The number of hydrogen-bond acceptors (Lipinski definition) is 2. The molecule has 3 heteroatoms. The highest BCUT2D eigenvalue weighted by atomic mass is 79.9. The lowest BCUT2D eigenvalue weighted by atomic mass is 10.0. The third-order valence-electron chi connectivity index (χ3n) is 2.72. The van der Waals surface area contributed by atoms with Gasteiger partial charge in [0.25, 0.3) is 0 Å². The number of rotatable bonds is 6. The second-order valence-electron chi connectivity index (χ2n) is 5.01. The number of aliphatic hydroxyl groups is 1. The highest BCUT2D eigenvalue weighted by Gasteiger charge is 2.10. The average molecular weight is 300 g/mol. The third kappa shape index (κ3) is 5.66. The van der Waals surface area contributed by atoms with Crippen molar-refractivity contribution in [1.82, 2.24) is 5.32 Å². The molecule has 1 aromatic rings. The van der Waals surface area contributed by atoms with E-state index in [1.807, 2.05) is 24.3 Å². The lowest BCUT2D eigenvalue weighted by Gasteiger charge is -2.19. The first-order valence-corrected chi connectivity index (χ1v) is 6.95. The zero-order chi connectivity index (χ0) is 12.8. The molecule has 0 aliphatic carbocycles. The minimum absolute atomic E-state index is 0.441. The molecule has 2 nitrogen and oxygen atoms in total. The van der Waals surface area contributed by atoms with Crippen LogP contribution in [0.25, 0.3) is 0 Å². The number of hydrogen-bond donors (Lipinski definition) is 2. The van der Waals surface area contributed by atoms with Crippen LogP contribution in [0.1, 0.15) is 38.9 Å². The monoisotopic (exact) mass is 299 g/mol. The van der Waals surface area contributed by atoms with E-state index in [4.69, 9.17) is 0 Å². The van der Waals surface area contributed by atoms with Crippen molar-refractivity contribution < 1.29 is 5.11 Å². The average Bonchev–Trinajstić information content (AvgIpc) is 2.25. The maximum absolute atomic E-state index is 10.0. The van der Waals surface area contributed by atoms with E-state index >= 15 is 0 Å². The first kappa shape index (κ1) is 14.7. The summed E-state index contributed by atoms with van der Waals surface area (Å²) in [5.74, 6) is 0.681. The van der Waals surface area contributed by atoms with Gasteiger partial charge in [0.2, 0.25) is 0 Å². The summed E-state index contributed by atoms with van der Waals surface area (Å²) in [5, 5.41) is 13.4. The van der Waals surface area contributed by atoms with Gasteiger partial charge >= 0.3 is 0 Å². The van der Waals surface area contributed by atoms with Crippen LogP contribution in [-0.2, 0) is 0 Å². The molecule has 2 unspecified atom stereocenters. The van der Waals surface area contributed by atoms with Crippen molar-refractivity contribution in [2.45, 2.75) is 39.3 Å². The third-order valence-corrected chi connectivity index (χ3v) is 3.21. The molecule has 1 aromatic carbocycles. The molecule has 0 spiro atoms. The molecule has 0 fully saturated rings. The topological polar surface area (TPSA) is 32.3 Å². The quantitative estimate of drug-likeness (QED) is 0.842. The fraction of sp³-hybridized carbons (Fsp3) is 0.571. The minimum Gasteiger partial charge on any atom is -0.387 e. The van der Waals surface area contributed by atoms with Gasteiger partial charge in [0, 0.05) is 17.1 Å². The summed E-state index contributed by atoms with van der Waals surface area (Å²) in [6.45, 7) is 7.18. The fourth-order valence-electron chi connectivity index (χ4n) is 1.93. The minimum atomic E-state index is -0.442. The van der Waals surface area contributed by atoms with Gasteiger partial charge in [0.05, 0.1) is 6.10 Å². The Morgan fingerprint density at radius 2 is 2.00 bits per heavy atom. The molecule has 0 aliphatic rings. The Labute approximate surface area is 113 Å². The number of benzene rings is 1. The van der Waals surface area contributed by atoms with E-state index < -0.39 is 6.10 Å². The SMILES string of the molecule is CC(C)CC(C)NCC(O)c1cccc(Br)c1. The fourth-order valence-corrected chi connectivity index (χ4v) is 2.35. The van der Waals surface area contributed by atoms with E-state index in [1.165, 1.54) is 0 Å². The Hall–Kier alpha value is -0.380. The molecule has 0 bridgehead atoms. The zero-order valence-corrected chi connectivity index (χ0v) is 12.4. The van der Waals surface area contributed by atoms with Crippen LogP contribution in [0.2, 0.25) is 0 Å². The summed E-state index contributed by atoms with van der Waals surface area (Å²) in [6.07, 6.45) is 0.688. The predicted octanol–water partition coefficient (Wildman–Crippen LogP) is 3.51. The van der Waals surface area contributed by atoms with Crippen molar-refractivity contribution in [2.24, 2.45) is 5.92 Å². The summed E-state index contributed by atoms with van der Waals surface area (Å²) >= 11 is 3.41. The molecule has 2 N–H and O–H groups in total. The summed E-state index contributed by atoms with van der Waals surface area (Å²) in [5.41, 5.74) is 0.948. The van der Waals surface area contributed by atoms with Crippen LogP contribution in [0.4, 0.5) is 0 Å². The Balaban J connectivity index is 2.42. The normalized spacial score (nSPS) is 14.9. The van der Waals surface area contributed by atoms with Crippen molar-refractivity contribution in [1.29, 1.82) is 0 Å². The molecule has 0 saturated heterocycles. The molecule has 0 aliphatic heterocycles. The summed E-state index contributed by atoms with van der Waals surface area (Å²) in [6, 6.07) is 8.26. The van der Waals surface area contributed by atoms with Gasteiger partial charge in [0.1, 0.15) is 0 Å². The Bertz CT molecular complexity index is 341. The molecular formula is C14H22BrNO. The van der Waals surface area contributed by atoms with Crippen LogP contribution < -0.4 is 5.32 Å². The predicted molar refractivity (Wildman–Crippen MR) is 76.0 cm³/mol. The highest BCUT2D eigenvalue weighted by Crippen LogP contribution is 2.17. The van der Waals surface area contributed by atoms with Crippen molar-refractivity contribution >= 4 is 15.9 Å². The van der Waals surface area contributed by atoms with Crippen molar-refractivity contribution in [3.63, 3.8) is 0 Å². The molecule has 0 heterocycles. The van der Waals surface area contributed by atoms with E-state index in [-0.39, 0.29) is 0 Å². The number of halogens is 1. The maximum Gasteiger partial charge on any atom is 0.0914 e. The lowest BCUT2D eigenvalue weighted by Crippen LogP contribution is -2.31. The van der Waals surface area contributed by atoms with Gasteiger partial charge in [-0.3, -0.25) is 0 Å². The van der Waals surface area contributed by atoms with E-state index in [0.717, 1.165) is 16.5 Å². The van der Waals surface area contributed by atoms with Crippen LogP contribution in [0, 0.1) is 5.92 Å². The standard InChI is InChI=1S/C14H22BrNO/c1-10(2)7-11(3)16-9-14(17)12-5-4-6-13(15)8-12/h4-6,8,10-11,14,16-17H,7,9H2,1-3H3. The van der Waals surface area contributed by atoms with Crippen molar-refractivity contribution in [3.05, 3.63) is 34.3 Å². The summed E-state index contributed by atoms with van der Waals surface area (Å²) < 4.78 is 1.00. The summed E-state index contributed by atoms with van der Waals surface area (Å²) in [7, 11) is 0. The van der Waals surface area contributed by atoms with Gasteiger partial charge in [-0.05, 0) is 37.0 Å². The van der Waals surface area contributed by atoms with E-state index in [0.29, 0.717) is 18.5 Å². The Kier molecular flexibility index (Phi) is 6.17. The maximum atomic E-state index is 10.0. The van der Waals surface area contributed by atoms with Crippen LogP contribution in [0.3, 0.4) is 0 Å². The molecule has 0 saturated carbocycles. The van der Waals surface area contributed by atoms with E-state index in [1.54, 1.807) is 0 Å². The molecular weight excluding hydrogens is 278 g/mol. The zero-order valence-electron chi connectivity index (χ0n) is 10.8. The van der Waals surface area contributed by atoms with Crippen LogP contribution in [0.15, 0.2) is 28.7 Å². The second kappa shape index (κ2) is 7.14. The van der Waals surface area contributed by atoms with E-state index in [2.05, 4.69) is 42.0 Å². The van der Waals surface area contributed by atoms with Crippen LogP contribution in [-0.4, -0.2) is 17.7 Å². The molecule has 2 atom stereocenters. The van der Waals surface area contributed by atoms with E-state index in [9.17, 15) is 5.11 Å². The van der Waals surface area contributed by atoms with Crippen molar-refractivity contribution in [3.8, 4) is 0 Å². The first-order valence-electron chi connectivity index (χ1n) is 6.16. The van der Waals surface area contributed by atoms with Crippen LogP contribution in [0.5, 0.6) is 0 Å². The van der Waals surface area contributed by atoms with Gasteiger partial charge in [-0.1, -0.05) is 41.9 Å².